The second-order valence-electron chi connectivity index (χ2n) is 4.48. The van der Waals surface area contributed by atoms with Gasteiger partial charge in [-0.05, 0) is 34.5 Å². The van der Waals surface area contributed by atoms with Gasteiger partial charge < -0.3 is 5.32 Å². The van der Waals surface area contributed by atoms with Gasteiger partial charge >= 0.3 is 0 Å². The van der Waals surface area contributed by atoms with Crippen LogP contribution in [-0.2, 0) is 11.3 Å². The zero-order valence-corrected chi connectivity index (χ0v) is 12.8. The van der Waals surface area contributed by atoms with Crippen LogP contribution >= 0.6 is 15.9 Å². The highest BCUT2D eigenvalue weighted by Gasteiger charge is 2.10. The van der Waals surface area contributed by atoms with Gasteiger partial charge in [-0.15, -0.1) is 0 Å². The summed E-state index contributed by atoms with van der Waals surface area (Å²) in [4.78, 5) is 22.1. The fraction of sp³-hybridized carbons (Fsp3) is 0.231. The molecule has 8 heteroatoms. The van der Waals surface area contributed by atoms with E-state index in [1.807, 2.05) is 0 Å². The fourth-order valence-corrected chi connectivity index (χ4v) is 2.12. The third kappa shape index (κ3) is 4.12. The van der Waals surface area contributed by atoms with E-state index in [9.17, 15) is 14.9 Å². The number of nitro benzene ring substituents is 1. The summed E-state index contributed by atoms with van der Waals surface area (Å²) in [5, 5.41) is 17.4. The average molecular weight is 353 g/mol. The van der Waals surface area contributed by atoms with E-state index in [0.29, 0.717) is 17.8 Å². The Bertz CT molecular complexity index is 684. The first kappa shape index (κ1) is 15.2. The lowest BCUT2D eigenvalue weighted by Crippen LogP contribution is -2.15. The molecule has 0 bridgehead atoms. The number of nitrogens with one attached hydrogen (secondary N) is 1. The Labute approximate surface area is 129 Å². The molecule has 1 amide bonds. The maximum atomic E-state index is 11.9. The molecular formula is C13H13BrN4O3. The van der Waals surface area contributed by atoms with Gasteiger partial charge in [0.1, 0.15) is 0 Å². The maximum Gasteiger partial charge on any atom is 0.269 e. The third-order valence-electron chi connectivity index (χ3n) is 2.86. The number of rotatable bonds is 5. The molecule has 0 spiro atoms. The number of carbonyl (C=O) groups is 1. The highest BCUT2D eigenvalue weighted by Crippen LogP contribution is 2.21. The van der Waals surface area contributed by atoms with E-state index < -0.39 is 4.92 Å². The van der Waals surface area contributed by atoms with Gasteiger partial charge in [0.05, 0.1) is 15.6 Å². The molecule has 0 aliphatic rings. The van der Waals surface area contributed by atoms with Crippen LogP contribution in [0.1, 0.15) is 12.0 Å². The zero-order chi connectivity index (χ0) is 15.4. The van der Waals surface area contributed by atoms with Gasteiger partial charge in [-0.2, -0.15) is 5.10 Å². The van der Waals surface area contributed by atoms with Gasteiger partial charge in [0.2, 0.25) is 5.91 Å². The van der Waals surface area contributed by atoms with Crippen molar-refractivity contribution in [1.82, 2.24) is 9.78 Å². The Morgan fingerprint density at radius 2 is 2.29 bits per heavy atom. The lowest BCUT2D eigenvalue weighted by atomic mass is 10.1. The number of aryl methyl sites for hydroxylation is 2. The first-order valence-corrected chi connectivity index (χ1v) is 6.98. The fourth-order valence-electron chi connectivity index (χ4n) is 1.79. The zero-order valence-electron chi connectivity index (χ0n) is 11.2. The summed E-state index contributed by atoms with van der Waals surface area (Å²) in [6.07, 6.45) is 3.70. The summed E-state index contributed by atoms with van der Waals surface area (Å²) in [6, 6.07) is 4.34. The lowest BCUT2D eigenvalue weighted by molar-refractivity contribution is -0.384. The number of non-ortho nitro benzene ring substituents is 1. The second-order valence-corrected chi connectivity index (χ2v) is 5.39. The SMILES string of the molecule is Cc1cc([N+](=O)[O-])ccc1NC(=O)CCn1cc(Br)cn1. The van der Waals surface area contributed by atoms with Crippen LogP contribution in [0.2, 0.25) is 0 Å². The Kier molecular flexibility index (Phi) is 4.69. The van der Waals surface area contributed by atoms with Crippen LogP contribution in [0, 0.1) is 17.0 Å². The molecule has 1 aromatic heterocycles. The van der Waals surface area contributed by atoms with E-state index in [-0.39, 0.29) is 18.0 Å². The number of carbonyl (C=O) groups excluding carboxylic acids is 1. The minimum atomic E-state index is -0.464. The monoisotopic (exact) mass is 352 g/mol. The van der Waals surface area contributed by atoms with Gasteiger partial charge in [-0.1, -0.05) is 0 Å². The maximum absolute atomic E-state index is 11.9. The summed E-state index contributed by atoms with van der Waals surface area (Å²) in [6.45, 7) is 2.18. The van der Waals surface area contributed by atoms with Gasteiger partial charge in [0.15, 0.2) is 0 Å². The van der Waals surface area contributed by atoms with Gasteiger partial charge in [0.25, 0.3) is 5.69 Å². The van der Waals surface area contributed by atoms with Crippen molar-refractivity contribution in [3.05, 3.63) is 50.7 Å². The van der Waals surface area contributed by atoms with Crippen LogP contribution in [-0.4, -0.2) is 20.6 Å². The number of nitrogens with zero attached hydrogens (tertiary/aromatic N) is 3. The molecule has 21 heavy (non-hydrogen) atoms. The third-order valence-corrected chi connectivity index (χ3v) is 3.27. The molecule has 0 saturated heterocycles. The van der Waals surface area contributed by atoms with Gasteiger partial charge in [-0.3, -0.25) is 19.6 Å². The Morgan fingerprint density at radius 1 is 1.52 bits per heavy atom. The Hall–Kier alpha value is -2.22. The van der Waals surface area contributed by atoms with E-state index in [2.05, 4.69) is 26.3 Å². The summed E-state index contributed by atoms with van der Waals surface area (Å²) < 4.78 is 2.51. The smallest absolute Gasteiger partial charge is 0.269 e. The molecule has 7 nitrogen and oxygen atoms in total. The van der Waals surface area contributed by atoms with Crippen LogP contribution in [0.4, 0.5) is 11.4 Å². The Balaban J connectivity index is 1.94. The summed E-state index contributed by atoms with van der Waals surface area (Å²) in [5.41, 5.74) is 1.23. The van der Waals surface area contributed by atoms with Crippen molar-refractivity contribution in [1.29, 1.82) is 0 Å². The van der Waals surface area contributed by atoms with E-state index in [1.165, 1.54) is 18.2 Å². The van der Waals surface area contributed by atoms with Crippen molar-refractivity contribution in [3.8, 4) is 0 Å². The summed E-state index contributed by atoms with van der Waals surface area (Å²) >= 11 is 3.28. The molecule has 1 N–H and O–H groups in total. The quantitative estimate of drug-likeness (QED) is 0.661. The van der Waals surface area contributed by atoms with Crippen LogP contribution in [0.5, 0.6) is 0 Å². The molecule has 0 aliphatic carbocycles. The molecule has 1 heterocycles. The number of amides is 1. The first-order valence-electron chi connectivity index (χ1n) is 6.18. The normalized spacial score (nSPS) is 10.4. The molecule has 0 aliphatic heterocycles. The molecule has 0 radical (unpaired) electrons. The predicted octanol–water partition coefficient (Wildman–Crippen LogP) is 2.89. The standard InChI is InChI=1S/C13H13BrN4O3/c1-9-6-11(18(20)21)2-3-12(9)16-13(19)4-5-17-8-10(14)7-15-17/h2-3,6-8H,4-5H2,1H3,(H,16,19). The van der Waals surface area contributed by atoms with E-state index in [0.717, 1.165) is 4.47 Å². The molecule has 1 aromatic carbocycles. The van der Waals surface area contributed by atoms with Crippen molar-refractivity contribution in [2.45, 2.75) is 19.9 Å². The number of benzene rings is 1. The second kappa shape index (κ2) is 6.49. The van der Waals surface area contributed by atoms with Crippen LogP contribution in [0.15, 0.2) is 35.1 Å². The van der Waals surface area contributed by atoms with Crippen molar-refractivity contribution >= 4 is 33.2 Å². The molecular weight excluding hydrogens is 340 g/mol. The van der Waals surface area contributed by atoms with E-state index >= 15 is 0 Å². The van der Waals surface area contributed by atoms with Crippen molar-refractivity contribution < 1.29 is 9.72 Å². The van der Waals surface area contributed by atoms with Gasteiger partial charge in [-0.25, -0.2) is 0 Å². The van der Waals surface area contributed by atoms with Crippen molar-refractivity contribution in [3.63, 3.8) is 0 Å². The van der Waals surface area contributed by atoms with E-state index in [4.69, 9.17) is 0 Å². The molecule has 110 valence electrons. The van der Waals surface area contributed by atoms with Crippen molar-refractivity contribution in [2.24, 2.45) is 0 Å². The van der Waals surface area contributed by atoms with Crippen LogP contribution in [0.25, 0.3) is 0 Å². The molecule has 0 saturated carbocycles. The molecule has 0 unspecified atom stereocenters. The first-order chi connectivity index (χ1) is 9.95. The lowest BCUT2D eigenvalue weighted by Gasteiger charge is -2.08. The molecule has 2 rings (SSSR count). The Morgan fingerprint density at radius 3 is 2.86 bits per heavy atom. The number of nitro groups is 1. The summed E-state index contributed by atoms with van der Waals surface area (Å²) in [7, 11) is 0. The number of hydrogen-bond acceptors (Lipinski definition) is 4. The number of aromatic nitrogens is 2. The minimum Gasteiger partial charge on any atom is -0.326 e. The number of anilines is 1. The predicted molar refractivity (Wildman–Crippen MR) is 81.0 cm³/mol. The number of halogens is 1. The average Bonchev–Trinajstić information content (AvgIpc) is 2.84. The number of hydrogen-bond donors (Lipinski definition) is 1. The van der Waals surface area contributed by atoms with Crippen molar-refractivity contribution in [2.75, 3.05) is 5.32 Å². The highest BCUT2D eigenvalue weighted by atomic mass is 79.9. The molecule has 0 atom stereocenters. The minimum absolute atomic E-state index is 0.00638. The highest BCUT2D eigenvalue weighted by molar-refractivity contribution is 9.10. The summed E-state index contributed by atoms with van der Waals surface area (Å²) in [5.74, 6) is -0.168. The largest absolute Gasteiger partial charge is 0.326 e. The molecule has 2 aromatic rings. The van der Waals surface area contributed by atoms with E-state index in [1.54, 1.807) is 24.0 Å². The molecule has 0 fully saturated rings. The topological polar surface area (TPSA) is 90.1 Å². The van der Waals surface area contributed by atoms with Crippen LogP contribution < -0.4 is 5.32 Å². The van der Waals surface area contributed by atoms with Gasteiger partial charge in [0, 0.05) is 37.0 Å². The van der Waals surface area contributed by atoms with Crippen LogP contribution in [0.3, 0.4) is 0 Å².